The lowest BCUT2D eigenvalue weighted by Gasteiger charge is -2.36. The molecular weight excluding hydrogens is 402 g/mol. The first-order valence-electron chi connectivity index (χ1n) is 11.4. The van der Waals surface area contributed by atoms with Crippen LogP contribution in [0, 0.1) is 23.7 Å². The lowest BCUT2D eigenvalue weighted by atomic mass is 9.81. The first-order chi connectivity index (χ1) is 14.6. The van der Waals surface area contributed by atoms with Gasteiger partial charge < -0.3 is 9.64 Å². The summed E-state index contributed by atoms with van der Waals surface area (Å²) in [4.78, 5) is 32.1. The Morgan fingerprint density at radius 2 is 1.53 bits per heavy atom. The van der Waals surface area contributed by atoms with Crippen molar-refractivity contribution in [1.29, 1.82) is 0 Å². The summed E-state index contributed by atoms with van der Waals surface area (Å²) in [6.45, 7) is 5.58. The van der Waals surface area contributed by atoms with Crippen LogP contribution >= 0.6 is 11.6 Å². The Morgan fingerprint density at radius 3 is 2.20 bits per heavy atom. The quantitative estimate of drug-likeness (QED) is 0.394. The molecule has 5 fully saturated rings. The van der Waals surface area contributed by atoms with Crippen molar-refractivity contribution < 1.29 is 14.3 Å². The van der Waals surface area contributed by atoms with E-state index in [2.05, 4.69) is 15.9 Å². The number of carbonyl (C=O) groups excluding carboxylic acids is 2. The maximum Gasteiger partial charge on any atom is 0.233 e. The van der Waals surface area contributed by atoms with E-state index in [9.17, 15) is 9.59 Å². The van der Waals surface area contributed by atoms with Gasteiger partial charge >= 0.3 is 0 Å². The number of amides is 2. The monoisotopic (exact) mass is 429 g/mol. The van der Waals surface area contributed by atoms with E-state index in [-0.39, 0.29) is 35.9 Å². The molecule has 0 radical (unpaired) electrons. The molecule has 0 N–H and O–H groups in total. The SMILES string of the molecule is O=C1[C@@H]2[C@H]3C[C@H]([C@@H]4O[C@H]34)[C@@H]2C(=O)N1CCCCN1CCN(c2ccccc2Cl)CC1. The summed E-state index contributed by atoms with van der Waals surface area (Å²) >= 11 is 6.33. The van der Waals surface area contributed by atoms with E-state index >= 15 is 0 Å². The van der Waals surface area contributed by atoms with Crippen molar-refractivity contribution in [1.82, 2.24) is 9.80 Å². The molecule has 1 aromatic carbocycles. The van der Waals surface area contributed by atoms with Gasteiger partial charge in [-0.25, -0.2) is 0 Å². The minimum atomic E-state index is -0.0795. The number of nitrogens with zero attached hydrogens (tertiary/aromatic N) is 3. The molecule has 5 aliphatic rings. The molecule has 2 aliphatic carbocycles. The number of fused-ring (bicyclic) bond motifs is 8. The molecule has 160 valence electrons. The van der Waals surface area contributed by atoms with Crippen LogP contribution in [0.4, 0.5) is 5.69 Å². The first kappa shape index (κ1) is 19.1. The van der Waals surface area contributed by atoms with Crippen molar-refractivity contribution in [3.8, 4) is 0 Å². The van der Waals surface area contributed by atoms with Gasteiger partial charge in [0, 0.05) is 44.6 Å². The molecule has 2 saturated carbocycles. The maximum absolute atomic E-state index is 12.9. The summed E-state index contributed by atoms with van der Waals surface area (Å²) in [6, 6.07) is 8.02. The zero-order valence-electron chi connectivity index (χ0n) is 17.1. The van der Waals surface area contributed by atoms with Crippen LogP contribution in [0.5, 0.6) is 0 Å². The molecule has 3 heterocycles. The number of hydrogen-bond donors (Lipinski definition) is 0. The Kier molecular flexibility index (Phi) is 4.59. The third-order valence-corrected chi connectivity index (χ3v) is 8.35. The number of likely N-dealkylation sites (tertiary alicyclic amines) is 1. The zero-order chi connectivity index (χ0) is 20.4. The average Bonchev–Trinajstić information content (AvgIpc) is 3.28. The molecular formula is C23H28ClN3O3. The van der Waals surface area contributed by atoms with E-state index in [0.29, 0.717) is 18.4 Å². The summed E-state index contributed by atoms with van der Waals surface area (Å²) in [6.07, 6.45) is 3.48. The number of para-hydroxylation sites is 1. The van der Waals surface area contributed by atoms with Gasteiger partial charge in [-0.2, -0.15) is 0 Å². The minimum Gasteiger partial charge on any atom is -0.369 e. The number of rotatable bonds is 6. The highest BCUT2D eigenvalue weighted by Gasteiger charge is 2.73. The predicted octanol–water partition coefficient (Wildman–Crippen LogP) is 2.26. The molecule has 30 heavy (non-hydrogen) atoms. The van der Waals surface area contributed by atoms with Gasteiger partial charge in [0.15, 0.2) is 0 Å². The minimum absolute atomic E-state index is 0.0795. The number of benzene rings is 1. The number of epoxide rings is 1. The van der Waals surface area contributed by atoms with Gasteiger partial charge in [0.1, 0.15) is 0 Å². The van der Waals surface area contributed by atoms with Gasteiger partial charge in [-0.3, -0.25) is 19.4 Å². The normalized spacial score (nSPS) is 37.1. The second-order valence-corrected chi connectivity index (χ2v) is 9.90. The molecule has 3 aliphatic heterocycles. The fourth-order valence-corrected chi connectivity index (χ4v) is 6.79. The summed E-state index contributed by atoms with van der Waals surface area (Å²) in [5.74, 6) is 0.620. The van der Waals surface area contributed by atoms with Crippen molar-refractivity contribution >= 4 is 29.1 Å². The Morgan fingerprint density at radius 1 is 0.900 bits per heavy atom. The summed E-state index contributed by atoms with van der Waals surface area (Å²) in [5, 5.41) is 0.813. The third kappa shape index (κ3) is 2.91. The van der Waals surface area contributed by atoms with E-state index < -0.39 is 0 Å². The summed E-state index contributed by atoms with van der Waals surface area (Å²) in [7, 11) is 0. The summed E-state index contributed by atoms with van der Waals surface area (Å²) < 4.78 is 5.68. The standard InChI is InChI=1S/C23H28ClN3O3/c24-16-5-1-2-6-17(16)26-11-9-25(10-12-26)7-3-4-8-27-22(28)18-14-13-15(19(18)23(27)29)21-20(14)30-21/h1-2,5-6,14-15,18-21H,3-4,7-13H2/t14-,15+,18-,19+,20-,21+. The topological polar surface area (TPSA) is 56.4 Å². The van der Waals surface area contributed by atoms with Crippen molar-refractivity contribution in [3.05, 3.63) is 29.3 Å². The van der Waals surface area contributed by atoms with E-state index in [1.54, 1.807) is 4.90 Å². The second kappa shape index (κ2) is 7.21. The zero-order valence-corrected chi connectivity index (χ0v) is 17.8. The predicted molar refractivity (Wildman–Crippen MR) is 113 cm³/mol. The average molecular weight is 430 g/mol. The number of ether oxygens (including phenoxy) is 1. The number of anilines is 1. The molecule has 6 atom stereocenters. The van der Waals surface area contributed by atoms with Crippen LogP contribution in [0.2, 0.25) is 5.02 Å². The Balaban J connectivity index is 0.960. The molecule has 0 aromatic heterocycles. The molecule has 6 rings (SSSR count). The van der Waals surface area contributed by atoms with Crippen LogP contribution in [0.15, 0.2) is 24.3 Å². The van der Waals surface area contributed by atoms with Gasteiger partial charge in [-0.15, -0.1) is 0 Å². The van der Waals surface area contributed by atoms with E-state index in [0.717, 1.165) is 62.7 Å². The van der Waals surface area contributed by atoms with Gasteiger partial charge in [0.2, 0.25) is 11.8 Å². The highest BCUT2D eigenvalue weighted by Crippen LogP contribution is 2.63. The van der Waals surface area contributed by atoms with E-state index in [4.69, 9.17) is 16.3 Å². The van der Waals surface area contributed by atoms with E-state index in [1.165, 1.54) is 0 Å². The molecule has 0 spiro atoms. The lowest BCUT2D eigenvalue weighted by Crippen LogP contribution is -2.46. The molecule has 0 unspecified atom stereocenters. The van der Waals surface area contributed by atoms with Crippen molar-refractivity contribution in [3.63, 3.8) is 0 Å². The third-order valence-electron chi connectivity index (χ3n) is 8.03. The fraction of sp³-hybridized carbons (Fsp3) is 0.652. The lowest BCUT2D eigenvalue weighted by molar-refractivity contribution is -0.141. The van der Waals surface area contributed by atoms with Crippen molar-refractivity contribution in [2.75, 3.05) is 44.2 Å². The highest BCUT2D eigenvalue weighted by atomic mass is 35.5. The van der Waals surface area contributed by atoms with Crippen LogP contribution in [0.1, 0.15) is 19.3 Å². The number of piperazine rings is 1. The van der Waals surface area contributed by atoms with Gasteiger partial charge in [0.05, 0.1) is 34.8 Å². The van der Waals surface area contributed by atoms with Crippen LogP contribution in [0.25, 0.3) is 0 Å². The Labute approximate surface area is 182 Å². The van der Waals surface area contributed by atoms with Crippen molar-refractivity contribution in [2.24, 2.45) is 23.7 Å². The van der Waals surface area contributed by atoms with Crippen LogP contribution in [0.3, 0.4) is 0 Å². The molecule has 1 aromatic rings. The number of halogens is 1. The largest absolute Gasteiger partial charge is 0.369 e. The Hall–Kier alpha value is -1.63. The molecule has 3 saturated heterocycles. The molecule has 6 nitrogen and oxygen atoms in total. The molecule has 2 bridgehead atoms. The van der Waals surface area contributed by atoms with Gasteiger partial charge in [0.25, 0.3) is 0 Å². The van der Waals surface area contributed by atoms with Crippen molar-refractivity contribution in [2.45, 2.75) is 31.5 Å². The van der Waals surface area contributed by atoms with E-state index in [1.807, 2.05) is 18.2 Å². The van der Waals surface area contributed by atoms with Crippen LogP contribution < -0.4 is 4.90 Å². The number of carbonyl (C=O) groups is 2. The fourth-order valence-electron chi connectivity index (χ4n) is 6.53. The number of unbranched alkanes of at least 4 members (excludes halogenated alkanes) is 1. The number of hydrogen-bond acceptors (Lipinski definition) is 5. The van der Waals surface area contributed by atoms with Crippen LogP contribution in [-0.4, -0.2) is 73.1 Å². The first-order valence-corrected chi connectivity index (χ1v) is 11.7. The van der Waals surface area contributed by atoms with Crippen LogP contribution in [-0.2, 0) is 14.3 Å². The Bertz CT molecular complexity index is 839. The maximum atomic E-state index is 12.9. The molecule has 7 heteroatoms. The number of imide groups is 1. The smallest absolute Gasteiger partial charge is 0.233 e. The second-order valence-electron chi connectivity index (χ2n) is 9.50. The highest BCUT2D eigenvalue weighted by molar-refractivity contribution is 6.33. The molecule has 2 amide bonds. The van der Waals surface area contributed by atoms with Gasteiger partial charge in [-0.1, -0.05) is 23.7 Å². The summed E-state index contributed by atoms with van der Waals surface area (Å²) in [5.41, 5.74) is 1.12. The van der Waals surface area contributed by atoms with Gasteiger partial charge in [-0.05, 0) is 37.9 Å².